The van der Waals surface area contributed by atoms with E-state index in [1.54, 1.807) is 0 Å². The third-order valence-corrected chi connectivity index (χ3v) is 4.99. The molecule has 2 aromatic rings. The number of rotatable bonds is 5. The number of carbonyl (C=O) groups excluding carboxylic acids is 1. The molecule has 0 unspecified atom stereocenters. The zero-order valence-corrected chi connectivity index (χ0v) is 14.8. The van der Waals surface area contributed by atoms with Crippen LogP contribution >= 0.6 is 11.8 Å². The summed E-state index contributed by atoms with van der Waals surface area (Å²) < 4.78 is 1.91. The van der Waals surface area contributed by atoms with Gasteiger partial charge < -0.3 is 5.32 Å². The first-order valence-electron chi connectivity index (χ1n) is 8.15. The van der Waals surface area contributed by atoms with Gasteiger partial charge in [0.2, 0.25) is 5.91 Å². The first-order valence-corrected chi connectivity index (χ1v) is 9.31. The van der Waals surface area contributed by atoms with Gasteiger partial charge in [0, 0.05) is 23.5 Å². The van der Waals surface area contributed by atoms with Crippen molar-refractivity contribution in [1.82, 2.24) is 9.78 Å². The van der Waals surface area contributed by atoms with Crippen molar-refractivity contribution in [3.05, 3.63) is 40.6 Å². The van der Waals surface area contributed by atoms with Crippen LogP contribution in [0.1, 0.15) is 48.6 Å². The number of nitrogens with zero attached hydrogens (tertiary/aromatic N) is 2. The van der Waals surface area contributed by atoms with Gasteiger partial charge in [0.05, 0.1) is 11.4 Å². The zero-order valence-electron chi connectivity index (χ0n) is 14.0. The van der Waals surface area contributed by atoms with Gasteiger partial charge >= 0.3 is 0 Å². The van der Waals surface area contributed by atoms with Gasteiger partial charge in [-0.3, -0.25) is 4.79 Å². The second kappa shape index (κ2) is 6.79. The summed E-state index contributed by atoms with van der Waals surface area (Å²) in [6, 6.07) is 6.38. The molecule has 3 rings (SSSR count). The van der Waals surface area contributed by atoms with Crippen molar-refractivity contribution < 1.29 is 4.79 Å². The number of aromatic nitrogens is 2. The fourth-order valence-corrected chi connectivity index (χ4v) is 3.97. The maximum Gasteiger partial charge on any atom is 0.225 e. The molecule has 0 saturated carbocycles. The van der Waals surface area contributed by atoms with E-state index in [1.807, 2.05) is 16.4 Å². The number of amides is 1. The Balaban J connectivity index is 1.98. The van der Waals surface area contributed by atoms with E-state index in [9.17, 15) is 4.79 Å². The Labute approximate surface area is 141 Å². The Hall–Kier alpha value is -1.75. The van der Waals surface area contributed by atoms with Crippen LogP contribution in [-0.4, -0.2) is 15.7 Å². The Bertz CT molecular complexity index is 716. The van der Waals surface area contributed by atoms with Crippen LogP contribution in [0.3, 0.4) is 0 Å². The van der Waals surface area contributed by atoms with Gasteiger partial charge in [-0.1, -0.05) is 19.4 Å². The van der Waals surface area contributed by atoms with Crippen LogP contribution in [0.2, 0.25) is 0 Å². The number of unbranched alkanes of at least 4 members (excludes halogenated alkanes) is 1. The number of hydrogen-bond acceptors (Lipinski definition) is 3. The SMILES string of the molecule is CCCCC(=O)Nc1c2c(nn1-c1cc(C)cc(C)c1)CSC2. The van der Waals surface area contributed by atoms with E-state index in [0.717, 1.165) is 41.5 Å². The van der Waals surface area contributed by atoms with Crippen LogP contribution in [0.15, 0.2) is 18.2 Å². The van der Waals surface area contributed by atoms with Crippen molar-refractivity contribution in [2.75, 3.05) is 5.32 Å². The highest BCUT2D eigenvalue weighted by molar-refractivity contribution is 7.98. The van der Waals surface area contributed by atoms with Crippen LogP contribution in [-0.2, 0) is 16.3 Å². The molecule has 1 aliphatic heterocycles. The van der Waals surface area contributed by atoms with Gasteiger partial charge in [-0.05, 0) is 43.5 Å². The highest BCUT2D eigenvalue weighted by Gasteiger charge is 2.24. The molecule has 0 atom stereocenters. The summed E-state index contributed by atoms with van der Waals surface area (Å²) in [6.45, 7) is 6.27. The summed E-state index contributed by atoms with van der Waals surface area (Å²) in [5.41, 5.74) is 5.70. The maximum absolute atomic E-state index is 12.2. The number of anilines is 1. The van der Waals surface area contributed by atoms with Gasteiger partial charge in [0.1, 0.15) is 5.82 Å². The molecule has 23 heavy (non-hydrogen) atoms. The average Bonchev–Trinajstić information content (AvgIpc) is 3.07. The number of carbonyl (C=O) groups is 1. The van der Waals surface area contributed by atoms with E-state index in [0.29, 0.717) is 6.42 Å². The van der Waals surface area contributed by atoms with Crippen LogP contribution < -0.4 is 5.32 Å². The Kier molecular flexibility index (Phi) is 4.76. The van der Waals surface area contributed by atoms with E-state index in [2.05, 4.69) is 44.3 Å². The van der Waals surface area contributed by atoms with Crippen molar-refractivity contribution in [3.63, 3.8) is 0 Å². The molecule has 0 radical (unpaired) electrons. The number of fused-ring (bicyclic) bond motifs is 1. The van der Waals surface area contributed by atoms with Gasteiger partial charge in [-0.15, -0.1) is 0 Å². The maximum atomic E-state index is 12.2. The molecule has 0 spiro atoms. The molecule has 2 heterocycles. The predicted molar refractivity (Wildman–Crippen MR) is 96.2 cm³/mol. The highest BCUT2D eigenvalue weighted by Crippen LogP contribution is 2.36. The number of thioether (sulfide) groups is 1. The molecular formula is C18H23N3OS. The van der Waals surface area contributed by atoms with Crippen molar-refractivity contribution in [1.29, 1.82) is 0 Å². The second-order valence-electron chi connectivity index (χ2n) is 6.18. The lowest BCUT2D eigenvalue weighted by atomic mass is 10.1. The molecule has 1 aliphatic rings. The Morgan fingerprint density at radius 2 is 2.00 bits per heavy atom. The molecule has 122 valence electrons. The molecule has 5 heteroatoms. The summed E-state index contributed by atoms with van der Waals surface area (Å²) in [5, 5.41) is 7.87. The van der Waals surface area contributed by atoms with Gasteiger partial charge in [-0.2, -0.15) is 16.9 Å². The minimum absolute atomic E-state index is 0.0806. The van der Waals surface area contributed by atoms with Crippen molar-refractivity contribution >= 4 is 23.5 Å². The lowest BCUT2D eigenvalue weighted by Gasteiger charge is -2.12. The van der Waals surface area contributed by atoms with Gasteiger partial charge in [0.25, 0.3) is 0 Å². The zero-order chi connectivity index (χ0) is 16.4. The second-order valence-corrected chi connectivity index (χ2v) is 7.16. The normalized spacial score (nSPS) is 13.2. The van der Waals surface area contributed by atoms with Crippen LogP contribution in [0.25, 0.3) is 5.69 Å². The predicted octanol–water partition coefficient (Wildman–Crippen LogP) is 4.36. The summed E-state index contributed by atoms with van der Waals surface area (Å²) in [6.07, 6.45) is 2.51. The highest BCUT2D eigenvalue weighted by atomic mass is 32.2. The minimum atomic E-state index is 0.0806. The standard InChI is InChI=1S/C18H23N3OS/c1-4-5-6-17(22)19-18-15-10-23-11-16(15)20-21(18)14-8-12(2)7-13(3)9-14/h7-9H,4-6,10-11H2,1-3H3,(H,19,22). The van der Waals surface area contributed by atoms with E-state index in [1.165, 1.54) is 16.7 Å². The van der Waals surface area contributed by atoms with Crippen LogP contribution in [0.4, 0.5) is 5.82 Å². The van der Waals surface area contributed by atoms with Crippen molar-refractivity contribution in [3.8, 4) is 5.69 Å². The molecule has 1 amide bonds. The topological polar surface area (TPSA) is 46.9 Å². The molecule has 0 aliphatic carbocycles. The Morgan fingerprint density at radius 3 is 2.70 bits per heavy atom. The number of hydrogen-bond donors (Lipinski definition) is 1. The molecule has 4 nitrogen and oxygen atoms in total. The quantitative estimate of drug-likeness (QED) is 0.886. The monoisotopic (exact) mass is 329 g/mol. The average molecular weight is 329 g/mol. The smallest absolute Gasteiger partial charge is 0.225 e. The minimum Gasteiger partial charge on any atom is -0.310 e. The van der Waals surface area contributed by atoms with Crippen LogP contribution in [0.5, 0.6) is 0 Å². The third kappa shape index (κ3) is 3.44. The molecule has 1 N–H and O–H groups in total. The summed E-state index contributed by atoms with van der Waals surface area (Å²) in [5.74, 6) is 2.78. The lowest BCUT2D eigenvalue weighted by Crippen LogP contribution is -2.15. The van der Waals surface area contributed by atoms with E-state index in [-0.39, 0.29) is 5.91 Å². The molecular weight excluding hydrogens is 306 g/mol. The van der Waals surface area contributed by atoms with E-state index in [4.69, 9.17) is 5.10 Å². The summed E-state index contributed by atoms with van der Waals surface area (Å²) >= 11 is 1.85. The first kappa shape index (κ1) is 16.1. The number of benzene rings is 1. The van der Waals surface area contributed by atoms with Crippen molar-refractivity contribution in [2.45, 2.75) is 51.5 Å². The fourth-order valence-electron chi connectivity index (χ4n) is 2.93. The first-order chi connectivity index (χ1) is 11.1. The number of nitrogens with one attached hydrogen (secondary N) is 1. The molecule has 0 bridgehead atoms. The molecule has 1 aromatic carbocycles. The number of aryl methyl sites for hydroxylation is 2. The van der Waals surface area contributed by atoms with Gasteiger partial charge in [-0.25, -0.2) is 4.68 Å². The van der Waals surface area contributed by atoms with Crippen LogP contribution in [0, 0.1) is 13.8 Å². The lowest BCUT2D eigenvalue weighted by molar-refractivity contribution is -0.116. The van der Waals surface area contributed by atoms with E-state index >= 15 is 0 Å². The van der Waals surface area contributed by atoms with Gasteiger partial charge in [0.15, 0.2) is 0 Å². The third-order valence-electron chi connectivity index (χ3n) is 4.02. The molecule has 0 saturated heterocycles. The Morgan fingerprint density at radius 1 is 1.26 bits per heavy atom. The molecule has 1 aromatic heterocycles. The molecule has 0 fully saturated rings. The summed E-state index contributed by atoms with van der Waals surface area (Å²) in [7, 11) is 0. The summed E-state index contributed by atoms with van der Waals surface area (Å²) in [4.78, 5) is 12.2. The van der Waals surface area contributed by atoms with E-state index < -0.39 is 0 Å². The fraction of sp³-hybridized carbons (Fsp3) is 0.444. The van der Waals surface area contributed by atoms with Crippen molar-refractivity contribution in [2.24, 2.45) is 0 Å². The largest absolute Gasteiger partial charge is 0.310 e.